The second-order valence-corrected chi connectivity index (χ2v) is 6.25. The van der Waals surface area contributed by atoms with Crippen LogP contribution in [0.15, 0.2) is 48.5 Å². The predicted octanol–water partition coefficient (Wildman–Crippen LogP) is 4.84. The molecule has 1 aliphatic heterocycles. The molecule has 0 bridgehead atoms. The molecule has 0 spiro atoms. The van der Waals surface area contributed by atoms with E-state index in [1.807, 2.05) is 12.1 Å². The summed E-state index contributed by atoms with van der Waals surface area (Å²) >= 11 is 0. The van der Waals surface area contributed by atoms with Gasteiger partial charge in [-0.25, -0.2) is 4.90 Å². The van der Waals surface area contributed by atoms with Gasteiger partial charge in [0.05, 0.1) is 23.4 Å². The number of nitrogens with zero attached hydrogens (tertiary/aromatic N) is 1. The van der Waals surface area contributed by atoms with Gasteiger partial charge in [0.25, 0.3) is 11.8 Å². The molecule has 3 rings (SSSR count). The molecule has 0 unspecified atom stereocenters. The van der Waals surface area contributed by atoms with Crippen LogP contribution >= 0.6 is 0 Å². The Kier molecular flexibility index (Phi) is 5.49. The minimum absolute atomic E-state index is 0.273. The second-order valence-electron chi connectivity index (χ2n) is 6.25. The summed E-state index contributed by atoms with van der Waals surface area (Å²) in [7, 11) is 0. The van der Waals surface area contributed by atoms with Crippen molar-refractivity contribution in [3.05, 3.63) is 59.7 Å². The van der Waals surface area contributed by atoms with Crippen molar-refractivity contribution >= 4 is 17.5 Å². The Morgan fingerprint density at radius 1 is 0.800 bits per heavy atom. The molecule has 2 amide bonds. The number of unbranched alkanes of at least 4 members (excludes halogenated alkanes) is 4. The van der Waals surface area contributed by atoms with Crippen LogP contribution in [0.1, 0.15) is 59.7 Å². The lowest BCUT2D eigenvalue weighted by molar-refractivity contribution is 0.0926. The highest BCUT2D eigenvalue weighted by molar-refractivity contribution is 6.34. The fraction of sp³-hybridized carbons (Fsp3) is 0.333. The van der Waals surface area contributed by atoms with Crippen LogP contribution in [0.4, 0.5) is 5.69 Å². The number of hydrogen-bond donors (Lipinski definition) is 0. The molecule has 4 nitrogen and oxygen atoms in total. The van der Waals surface area contributed by atoms with Crippen molar-refractivity contribution < 1.29 is 14.3 Å². The van der Waals surface area contributed by atoms with Gasteiger partial charge in [-0.15, -0.1) is 0 Å². The molecule has 2 aromatic rings. The van der Waals surface area contributed by atoms with Gasteiger partial charge in [0.15, 0.2) is 0 Å². The number of amides is 2. The van der Waals surface area contributed by atoms with Gasteiger partial charge >= 0.3 is 0 Å². The first-order chi connectivity index (χ1) is 12.2. The number of ether oxygens (including phenoxy) is 1. The topological polar surface area (TPSA) is 46.6 Å². The lowest BCUT2D eigenvalue weighted by Gasteiger charge is -2.14. The molecule has 1 aliphatic rings. The maximum absolute atomic E-state index is 12.5. The number of rotatable bonds is 8. The van der Waals surface area contributed by atoms with E-state index in [2.05, 4.69) is 6.92 Å². The number of carbonyl (C=O) groups is 2. The number of carbonyl (C=O) groups excluding carboxylic acids is 2. The molecule has 0 radical (unpaired) electrons. The number of fused-ring (bicyclic) bond motifs is 1. The van der Waals surface area contributed by atoms with Crippen LogP contribution in [0.25, 0.3) is 0 Å². The molecular weight excluding hydrogens is 314 g/mol. The van der Waals surface area contributed by atoms with Gasteiger partial charge in [0.1, 0.15) is 5.75 Å². The van der Waals surface area contributed by atoms with Gasteiger partial charge in [-0.05, 0) is 42.8 Å². The van der Waals surface area contributed by atoms with Crippen LogP contribution in [-0.4, -0.2) is 18.4 Å². The lowest BCUT2D eigenvalue weighted by atomic mass is 10.1. The molecule has 25 heavy (non-hydrogen) atoms. The number of hydrogen-bond acceptors (Lipinski definition) is 3. The van der Waals surface area contributed by atoms with Crippen LogP contribution in [0.3, 0.4) is 0 Å². The molecule has 0 N–H and O–H groups in total. The Labute approximate surface area is 148 Å². The molecule has 2 aromatic carbocycles. The molecule has 0 aromatic heterocycles. The van der Waals surface area contributed by atoms with Gasteiger partial charge in [0, 0.05) is 0 Å². The summed E-state index contributed by atoms with van der Waals surface area (Å²) in [5.74, 6) is 0.214. The van der Waals surface area contributed by atoms with Crippen molar-refractivity contribution in [2.24, 2.45) is 0 Å². The smallest absolute Gasteiger partial charge is 0.266 e. The standard InChI is InChI=1S/C21H23NO3/c1-2-3-4-5-8-15-25-17-13-11-16(12-14-17)22-20(23)18-9-6-7-10-19(18)21(22)24/h6-7,9-14H,2-5,8,15H2,1H3. The summed E-state index contributed by atoms with van der Waals surface area (Å²) in [4.78, 5) is 26.1. The summed E-state index contributed by atoms with van der Waals surface area (Å²) in [6.45, 7) is 2.89. The Hall–Kier alpha value is -2.62. The highest BCUT2D eigenvalue weighted by Crippen LogP contribution is 2.29. The third kappa shape index (κ3) is 3.73. The average molecular weight is 337 g/mol. The Morgan fingerprint density at radius 3 is 2.00 bits per heavy atom. The first-order valence-corrected chi connectivity index (χ1v) is 8.93. The summed E-state index contributed by atoms with van der Waals surface area (Å²) in [5, 5.41) is 0. The predicted molar refractivity (Wildman–Crippen MR) is 98.3 cm³/mol. The van der Waals surface area contributed by atoms with E-state index < -0.39 is 0 Å². The van der Waals surface area contributed by atoms with E-state index in [0.717, 1.165) is 12.2 Å². The fourth-order valence-electron chi connectivity index (χ4n) is 3.01. The fourth-order valence-corrected chi connectivity index (χ4v) is 3.01. The molecule has 4 heteroatoms. The molecular formula is C21H23NO3. The Bertz CT molecular complexity index is 717. The van der Waals surface area contributed by atoms with Crippen molar-refractivity contribution in [3.63, 3.8) is 0 Å². The van der Waals surface area contributed by atoms with Crippen molar-refractivity contribution in [1.82, 2.24) is 0 Å². The Morgan fingerprint density at radius 2 is 1.40 bits per heavy atom. The van der Waals surface area contributed by atoms with E-state index in [-0.39, 0.29) is 11.8 Å². The first kappa shape index (κ1) is 17.2. The highest BCUT2D eigenvalue weighted by atomic mass is 16.5. The summed E-state index contributed by atoms with van der Waals surface area (Å²) in [6, 6.07) is 14.0. The summed E-state index contributed by atoms with van der Waals surface area (Å²) in [6.07, 6.45) is 5.98. The van der Waals surface area contributed by atoms with E-state index in [4.69, 9.17) is 4.74 Å². The third-order valence-electron chi connectivity index (χ3n) is 4.41. The maximum Gasteiger partial charge on any atom is 0.266 e. The van der Waals surface area contributed by atoms with Gasteiger partial charge in [-0.3, -0.25) is 9.59 Å². The van der Waals surface area contributed by atoms with E-state index in [1.54, 1.807) is 36.4 Å². The highest BCUT2D eigenvalue weighted by Gasteiger charge is 2.36. The minimum atomic E-state index is -0.273. The van der Waals surface area contributed by atoms with Crippen LogP contribution in [0, 0.1) is 0 Å². The molecule has 0 aliphatic carbocycles. The molecule has 1 heterocycles. The van der Waals surface area contributed by atoms with Crippen LogP contribution < -0.4 is 9.64 Å². The summed E-state index contributed by atoms with van der Waals surface area (Å²) < 4.78 is 5.73. The largest absolute Gasteiger partial charge is 0.494 e. The molecule has 0 saturated heterocycles. The van der Waals surface area contributed by atoms with Gasteiger partial charge in [-0.1, -0.05) is 44.7 Å². The monoisotopic (exact) mass is 337 g/mol. The molecule has 0 fully saturated rings. The van der Waals surface area contributed by atoms with Crippen molar-refractivity contribution in [2.75, 3.05) is 11.5 Å². The van der Waals surface area contributed by atoms with E-state index in [9.17, 15) is 9.59 Å². The van der Waals surface area contributed by atoms with Crippen molar-refractivity contribution in [3.8, 4) is 5.75 Å². The summed E-state index contributed by atoms with van der Waals surface area (Å²) in [5.41, 5.74) is 1.49. The van der Waals surface area contributed by atoms with Crippen LogP contribution in [0.2, 0.25) is 0 Å². The van der Waals surface area contributed by atoms with Gasteiger partial charge in [-0.2, -0.15) is 0 Å². The quantitative estimate of drug-likeness (QED) is 0.512. The SMILES string of the molecule is CCCCCCCOc1ccc(N2C(=O)c3ccccc3C2=O)cc1. The number of benzene rings is 2. The normalized spacial score (nSPS) is 13.2. The lowest BCUT2D eigenvalue weighted by Crippen LogP contribution is -2.29. The number of imide groups is 1. The third-order valence-corrected chi connectivity index (χ3v) is 4.41. The zero-order chi connectivity index (χ0) is 17.6. The molecule has 130 valence electrons. The van der Waals surface area contributed by atoms with Crippen molar-refractivity contribution in [1.29, 1.82) is 0 Å². The van der Waals surface area contributed by atoms with Crippen molar-refractivity contribution in [2.45, 2.75) is 39.0 Å². The van der Waals surface area contributed by atoms with Gasteiger partial charge in [0.2, 0.25) is 0 Å². The number of anilines is 1. The van der Waals surface area contributed by atoms with E-state index in [1.165, 1.54) is 30.6 Å². The second kappa shape index (κ2) is 7.97. The zero-order valence-electron chi connectivity index (χ0n) is 14.5. The minimum Gasteiger partial charge on any atom is -0.494 e. The Balaban J connectivity index is 1.60. The first-order valence-electron chi connectivity index (χ1n) is 8.93. The molecule has 0 atom stereocenters. The van der Waals surface area contributed by atoms with Crippen LogP contribution in [0.5, 0.6) is 5.75 Å². The van der Waals surface area contributed by atoms with E-state index in [0.29, 0.717) is 23.4 Å². The zero-order valence-corrected chi connectivity index (χ0v) is 14.5. The maximum atomic E-state index is 12.5. The van der Waals surface area contributed by atoms with Crippen LogP contribution in [-0.2, 0) is 0 Å². The average Bonchev–Trinajstić information content (AvgIpc) is 2.90. The van der Waals surface area contributed by atoms with E-state index >= 15 is 0 Å². The van der Waals surface area contributed by atoms with Gasteiger partial charge < -0.3 is 4.74 Å². The molecule has 0 saturated carbocycles.